The Kier molecular flexibility index (Phi) is 3.50. The Bertz CT molecular complexity index is 683. The van der Waals surface area contributed by atoms with E-state index < -0.39 is 0 Å². The smallest absolute Gasteiger partial charge is 0.134 e. The van der Waals surface area contributed by atoms with Gasteiger partial charge < -0.3 is 9.84 Å². The third-order valence-electron chi connectivity index (χ3n) is 7.83. The zero-order valence-electron chi connectivity index (χ0n) is 15.3. The van der Waals surface area contributed by atoms with E-state index in [1.807, 2.05) is 6.07 Å². The van der Waals surface area contributed by atoms with E-state index in [-0.39, 0.29) is 16.8 Å². The van der Waals surface area contributed by atoms with Gasteiger partial charge >= 0.3 is 0 Å². The summed E-state index contributed by atoms with van der Waals surface area (Å²) in [5.41, 5.74) is 1.29. The van der Waals surface area contributed by atoms with Crippen LogP contribution in [0.2, 0.25) is 5.02 Å². The molecule has 0 saturated heterocycles. The minimum atomic E-state index is -0.0975. The van der Waals surface area contributed by atoms with Gasteiger partial charge in [0.1, 0.15) is 17.1 Å². The second kappa shape index (κ2) is 5.06. The van der Waals surface area contributed by atoms with Crippen molar-refractivity contribution in [2.45, 2.75) is 71.8 Å². The Morgan fingerprint density at radius 1 is 1.17 bits per heavy atom. The molecule has 0 amide bonds. The first kappa shape index (κ1) is 16.6. The van der Waals surface area contributed by atoms with Crippen LogP contribution in [0.5, 0.6) is 11.5 Å². The third-order valence-corrected chi connectivity index (χ3v) is 8.26. The molecule has 4 atom stereocenters. The van der Waals surface area contributed by atoms with E-state index in [0.29, 0.717) is 22.3 Å². The van der Waals surface area contributed by atoms with Crippen molar-refractivity contribution in [2.24, 2.45) is 22.7 Å². The maximum absolute atomic E-state index is 10.0. The molecule has 1 aromatic carbocycles. The SMILES string of the molecule is C[C@H]1CC[C@H]2C(C)(C)CCCC23Oc2ccc(O)c(Cl)c2C[C@]13C. The summed E-state index contributed by atoms with van der Waals surface area (Å²) < 4.78 is 6.88. The van der Waals surface area contributed by atoms with E-state index in [2.05, 4.69) is 27.7 Å². The quantitative estimate of drug-likeness (QED) is 0.624. The first-order chi connectivity index (χ1) is 11.2. The van der Waals surface area contributed by atoms with Gasteiger partial charge in [0, 0.05) is 16.9 Å². The number of benzene rings is 1. The summed E-state index contributed by atoms with van der Waals surface area (Å²) in [6.07, 6.45) is 7.07. The molecule has 3 heteroatoms. The van der Waals surface area contributed by atoms with Crippen molar-refractivity contribution in [3.8, 4) is 11.5 Å². The van der Waals surface area contributed by atoms with Gasteiger partial charge in [-0.15, -0.1) is 0 Å². The first-order valence-corrected chi connectivity index (χ1v) is 9.78. The molecular formula is C21H29ClO2. The molecular weight excluding hydrogens is 320 g/mol. The van der Waals surface area contributed by atoms with E-state index in [0.717, 1.165) is 24.2 Å². The molecule has 2 nitrogen and oxygen atoms in total. The fraction of sp³-hybridized carbons (Fsp3) is 0.714. The summed E-state index contributed by atoms with van der Waals surface area (Å²) in [6, 6.07) is 3.60. The van der Waals surface area contributed by atoms with Crippen LogP contribution < -0.4 is 4.74 Å². The monoisotopic (exact) mass is 348 g/mol. The number of fused-ring (bicyclic) bond motifs is 1. The molecule has 0 aromatic heterocycles. The molecule has 2 fully saturated rings. The number of hydrogen-bond donors (Lipinski definition) is 1. The maximum atomic E-state index is 10.0. The van der Waals surface area contributed by atoms with Gasteiger partial charge in [-0.1, -0.05) is 39.3 Å². The molecule has 24 heavy (non-hydrogen) atoms. The van der Waals surface area contributed by atoms with Crippen LogP contribution in [0.25, 0.3) is 0 Å². The highest BCUT2D eigenvalue weighted by atomic mass is 35.5. The Hall–Kier alpha value is -0.890. The van der Waals surface area contributed by atoms with Gasteiger partial charge in [-0.25, -0.2) is 0 Å². The third kappa shape index (κ3) is 1.95. The number of aromatic hydroxyl groups is 1. The number of phenolic OH excluding ortho intramolecular Hbond substituents is 1. The van der Waals surface area contributed by atoms with Crippen LogP contribution in [0.4, 0.5) is 0 Å². The normalized spacial score (nSPS) is 40.0. The van der Waals surface area contributed by atoms with Crippen LogP contribution in [-0.2, 0) is 6.42 Å². The summed E-state index contributed by atoms with van der Waals surface area (Å²) in [7, 11) is 0. The molecule has 1 unspecified atom stereocenters. The predicted molar refractivity (Wildman–Crippen MR) is 97.8 cm³/mol. The zero-order valence-corrected chi connectivity index (χ0v) is 16.0. The second-order valence-electron chi connectivity index (χ2n) is 9.33. The fourth-order valence-electron chi connectivity index (χ4n) is 6.22. The molecule has 0 radical (unpaired) electrons. The molecule has 2 saturated carbocycles. The van der Waals surface area contributed by atoms with Crippen LogP contribution in [0.1, 0.15) is 65.4 Å². The van der Waals surface area contributed by atoms with Crippen molar-refractivity contribution in [1.82, 2.24) is 0 Å². The highest BCUT2D eigenvalue weighted by Crippen LogP contribution is 2.66. The van der Waals surface area contributed by atoms with Crippen LogP contribution in [0.3, 0.4) is 0 Å². The summed E-state index contributed by atoms with van der Waals surface area (Å²) in [5, 5.41) is 10.5. The van der Waals surface area contributed by atoms with Crippen molar-refractivity contribution in [1.29, 1.82) is 0 Å². The van der Waals surface area contributed by atoms with Crippen molar-refractivity contribution < 1.29 is 9.84 Å². The highest BCUT2D eigenvalue weighted by Gasteiger charge is 2.65. The number of rotatable bonds is 0. The minimum Gasteiger partial charge on any atom is -0.506 e. The molecule has 4 rings (SSSR count). The lowest BCUT2D eigenvalue weighted by Crippen LogP contribution is -2.68. The van der Waals surface area contributed by atoms with Crippen molar-refractivity contribution in [2.75, 3.05) is 0 Å². The predicted octanol–water partition coefficient (Wildman–Crippen LogP) is 5.98. The average molecular weight is 349 g/mol. The van der Waals surface area contributed by atoms with E-state index >= 15 is 0 Å². The van der Waals surface area contributed by atoms with Gasteiger partial charge in [0.15, 0.2) is 0 Å². The van der Waals surface area contributed by atoms with Gasteiger partial charge in [0.2, 0.25) is 0 Å². The van der Waals surface area contributed by atoms with Gasteiger partial charge in [0.25, 0.3) is 0 Å². The van der Waals surface area contributed by atoms with E-state index in [1.54, 1.807) is 6.07 Å². The largest absolute Gasteiger partial charge is 0.506 e. The lowest BCUT2D eigenvalue weighted by molar-refractivity contribution is -0.210. The van der Waals surface area contributed by atoms with Crippen LogP contribution in [-0.4, -0.2) is 10.7 Å². The molecule has 0 bridgehead atoms. The zero-order chi connectivity index (χ0) is 17.3. The molecule has 2 aliphatic carbocycles. The molecule has 3 aliphatic rings. The lowest BCUT2D eigenvalue weighted by atomic mass is 9.44. The van der Waals surface area contributed by atoms with Gasteiger partial charge in [-0.2, -0.15) is 0 Å². The van der Waals surface area contributed by atoms with E-state index in [1.165, 1.54) is 25.7 Å². The van der Waals surface area contributed by atoms with Crippen molar-refractivity contribution in [3.05, 3.63) is 22.7 Å². The van der Waals surface area contributed by atoms with Crippen LogP contribution >= 0.6 is 11.6 Å². The van der Waals surface area contributed by atoms with Gasteiger partial charge in [-0.05, 0) is 62.0 Å². The fourth-order valence-corrected chi connectivity index (χ4v) is 6.45. The lowest BCUT2D eigenvalue weighted by Gasteiger charge is -2.66. The van der Waals surface area contributed by atoms with Crippen LogP contribution in [0.15, 0.2) is 12.1 Å². The van der Waals surface area contributed by atoms with Crippen molar-refractivity contribution in [3.63, 3.8) is 0 Å². The summed E-state index contributed by atoms with van der Waals surface area (Å²) >= 11 is 6.45. The molecule has 1 heterocycles. The van der Waals surface area contributed by atoms with Gasteiger partial charge in [-0.3, -0.25) is 0 Å². The van der Waals surface area contributed by atoms with Gasteiger partial charge in [0.05, 0.1) is 5.02 Å². The number of hydrogen-bond acceptors (Lipinski definition) is 2. The minimum absolute atomic E-state index is 0.0675. The summed E-state index contributed by atoms with van der Waals surface area (Å²) in [4.78, 5) is 0. The molecule has 1 aliphatic heterocycles. The Balaban J connectivity index is 1.91. The summed E-state index contributed by atoms with van der Waals surface area (Å²) in [6.45, 7) is 9.65. The number of phenols is 1. The molecule has 1 spiro atoms. The molecule has 1 aromatic rings. The average Bonchev–Trinajstić information content (AvgIpc) is 2.51. The Morgan fingerprint density at radius 3 is 2.67 bits per heavy atom. The van der Waals surface area contributed by atoms with E-state index in [9.17, 15) is 5.11 Å². The van der Waals surface area contributed by atoms with Crippen molar-refractivity contribution >= 4 is 11.6 Å². The maximum Gasteiger partial charge on any atom is 0.134 e. The molecule has 1 N–H and O–H groups in total. The Labute approximate surface area is 150 Å². The highest BCUT2D eigenvalue weighted by molar-refractivity contribution is 6.33. The topological polar surface area (TPSA) is 29.5 Å². The molecule has 132 valence electrons. The van der Waals surface area contributed by atoms with Crippen LogP contribution in [0, 0.1) is 22.7 Å². The number of halogens is 1. The number of ether oxygens (including phenoxy) is 1. The standard InChI is InChI=1S/C21H29ClO2/c1-13-6-9-17-19(2,3)10-5-11-21(17)20(13,4)12-14-16(24-21)8-7-15(23)18(14)22/h7-8,13,17,23H,5-6,9-12H2,1-4H3/t13-,17-,20+,21?/m0/s1. The first-order valence-electron chi connectivity index (χ1n) is 9.41. The second-order valence-corrected chi connectivity index (χ2v) is 9.71. The Morgan fingerprint density at radius 2 is 1.92 bits per heavy atom. The summed E-state index contributed by atoms with van der Waals surface area (Å²) in [5.74, 6) is 2.24. The van der Waals surface area contributed by atoms with E-state index in [4.69, 9.17) is 16.3 Å².